The minimum Gasteiger partial charge on any atom is -0.352 e. The maximum absolute atomic E-state index is 13.6. The van der Waals surface area contributed by atoms with Gasteiger partial charge in [0.2, 0.25) is 21.8 Å². The summed E-state index contributed by atoms with van der Waals surface area (Å²) >= 11 is 18.2. The molecule has 1 atom stereocenters. The van der Waals surface area contributed by atoms with E-state index >= 15 is 0 Å². The summed E-state index contributed by atoms with van der Waals surface area (Å²) in [6.07, 6.45) is 6.06. The molecule has 1 aliphatic rings. The van der Waals surface area contributed by atoms with Crippen LogP contribution in [0.3, 0.4) is 0 Å². The van der Waals surface area contributed by atoms with Crippen LogP contribution >= 0.6 is 34.8 Å². The molecule has 0 aliphatic heterocycles. The number of amides is 2. The highest BCUT2D eigenvalue weighted by Gasteiger charge is 2.31. The minimum absolute atomic E-state index is 0.0709. The van der Waals surface area contributed by atoms with E-state index in [-0.39, 0.29) is 29.2 Å². The number of halogens is 3. The van der Waals surface area contributed by atoms with Crippen LogP contribution in [-0.4, -0.2) is 50.0 Å². The first kappa shape index (κ1) is 28.6. The Morgan fingerprint density at radius 3 is 2.19 bits per heavy atom. The third kappa shape index (κ3) is 7.75. The Hall–Kier alpha value is -2.00. The molecule has 0 aromatic heterocycles. The van der Waals surface area contributed by atoms with Crippen molar-refractivity contribution >= 4 is 62.3 Å². The number of nitrogens with zero attached hydrogens (tertiary/aromatic N) is 2. The van der Waals surface area contributed by atoms with Crippen molar-refractivity contribution < 1.29 is 18.0 Å². The molecule has 0 spiro atoms. The van der Waals surface area contributed by atoms with Crippen molar-refractivity contribution in [3.63, 3.8) is 0 Å². The molecule has 2 amide bonds. The van der Waals surface area contributed by atoms with Gasteiger partial charge in [0.05, 0.1) is 17.0 Å². The van der Waals surface area contributed by atoms with Gasteiger partial charge in [0.25, 0.3) is 0 Å². The SMILES string of the molecule is C[C@H](C(=O)NC1CCCCC1)N(Cc1ccc(Cl)cc1)C(=O)CN(c1ccc(Cl)cc1Cl)S(C)(=O)=O. The van der Waals surface area contributed by atoms with Crippen molar-refractivity contribution in [3.05, 3.63) is 63.1 Å². The highest BCUT2D eigenvalue weighted by atomic mass is 35.5. The molecule has 0 bridgehead atoms. The fraction of sp³-hybridized carbons (Fsp3) is 0.440. The number of anilines is 1. The van der Waals surface area contributed by atoms with Gasteiger partial charge in [-0.2, -0.15) is 0 Å². The van der Waals surface area contributed by atoms with Gasteiger partial charge < -0.3 is 10.2 Å². The molecule has 36 heavy (non-hydrogen) atoms. The summed E-state index contributed by atoms with van der Waals surface area (Å²) in [4.78, 5) is 28.1. The van der Waals surface area contributed by atoms with Crippen molar-refractivity contribution in [2.75, 3.05) is 17.1 Å². The summed E-state index contributed by atoms with van der Waals surface area (Å²) in [7, 11) is -3.89. The molecular formula is C25H30Cl3N3O4S. The quantitative estimate of drug-likeness (QED) is 0.442. The maximum atomic E-state index is 13.6. The fourth-order valence-electron chi connectivity index (χ4n) is 4.22. The van der Waals surface area contributed by atoms with E-state index in [2.05, 4.69) is 5.32 Å². The Morgan fingerprint density at radius 2 is 1.61 bits per heavy atom. The van der Waals surface area contributed by atoms with E-state index < -0.39 is 28.5 Å². The van der Waals surface area contributed by atoms with Crippen LogP contribution in [0.1, 0.15) is 44.6 Å². The van der Waals surface area contributed by atoms with Gasteiger partial charge in [-0.25, -0.2) is 8.42 Å². The monoisotopic (exact) mass is 573 g/mol. The molecule has 0 unspecified atom stereocenters. The number of carbonyl (C=O) groups is 2. The second-order valence-corrected chi connectivity index (χ2v) is 12.2. The predicted molar refractivity (Wildman–Crippen MR) is 145 cm³/mol. The molecule has 0 heterocycles. The summed E-state index contributed by atoms with van der Waals surface area (Å²) < 4.78 is 26.2. The molecule has 7 nitrogen and oxygen atoms in total. The first-order valence-corrected chi connectivity index (χ1v) is 14.7. The van der Waals surface area contributed by atoms with Gasteiger partial charge in [-0.05, 0) is 55.7 Å². The Kier molecular flexibility index (Phi) is 9.92. The van der Waals surface area contributed by atoms with Gasteiger partial charge in [0, 0.05) is 22.6 Å². The molecule has 3 rings (SSSR count). The molecule has 2 aromatic rings. The molecule has 1 N–H and O–H groups in total. The molecule has 1 aliphatic carbocycles. The summed E-state index contributed by atoms with van der Waals surface area (Å²) in [6, 6.07) is 10.5. The van der Waals surface area contributed by atoms with E-state index in [1.54, 1.807) is 31.2 Å². The van der Waals surface area contributed by atoms with Crippen LogP contribution in [0, 0.1) is 0 Å². The second kappa shape index (κ2) is 12.5. The van der Waals surface area contributed by atoms with Gasteiger partial charge in [0.1, 0.15) is 12.6 Å². The van der Waals surface area contributed by atoms with Gasteiger partial charge in [-0.3, -0.25) is 13.9 Å². The summed E-state index contributed by atoms with van der Waals surface area (Å²) in [5, 5.41) is 4.02. The number of sulfonamides is 1. The van der Waals surface area contributed by atoms with Crippen LogP contribution in [0.15, 0.2) is 42.5 Å². The number of benzene rings is 2. The number of hydrogen-bond acceptors (Lipinski definition) is 4. The largest absolute Gasteiger partial charge is 0.352 e. The van der Waals surface area contributed by atoms with Crippen LogP contribution < -0.4 is 9.62 Å². The number of hydrogen-bond donors (Lipinski definition) is 1. The third-order valence-corrected chi connectivity index (χ3v) is 8.16. The molecular weight excluding hydrogens is 545 g/mol. The highest BCUT2D eigenvalue weighted by Crippen LogP contribution is 2.30. The molecule has 0 radical (unpaired) electrons. The van der Waals surface area contributed by atoms with Crippen LogP contribution in [0.2, 0.25) is 15.1 Å². The lowest BCUT2D eigenvalue weighted by Crippen LogP contribution is -2.53. The smallest absolute Gasteiger partial charge is 0.244 e. The van der Waals surface area contributed by atoms with Gasteiger partial charge in [0.15, 0.2) is 0 Å². The molecule has 1 fully saturated rings. The summed E-state index contributed by atoms with van der Waals surface area (Å²) in [5.74, 6) is -0.827. The molecule has 11 heteroatoms. The van der Waals surface area contributed by atoms with E-state index in [4.69, 9.17) is 34.8 Å². The van der Waals surface area contributed by atoms with Crippen molar-refractivity contribution in [1.29, 1.82) is 0 Å². The van der Waals surface area contributed by atoms with Gasteiger partial charge in [-0.1, -0.05) is 66.2 Å². The molecule has 2 aromatic carbocycles. The van der Waals surface area contributed by atoms with E-state index in [0.717, 1.165) is 48.2 Å². The lowest BCUT2D eigenvalue weighted by Gasteiger charge is -2.33. The van der Waals surface area contributed by atoms with Crippen LogP contribution in [-0.2, 0) is 26.2 Å². The minimum atomic E-state index is -3.89. The average Bonchev–Trinajstić information content (AvgIpc) is 2.82. The van der Waals surface area contributed by atoms with E-state index in [1.807, 2.05) is 0 Å². The zero-order chi connectivity index (χ0) is 26.5. The standard InChI is InChI=1S/C25H30Cl3N3O4S/c1-17(25(33)29-21-6-4-3-5-7-21)30(15-18-8-10-19(26)11-9-18)24(32)16-31(36(2,34)35)23-13-12-20(27)14-22(23)28/h8-14,17,21H,3-7,15-16H2,1-2H3,(H,29,33)/t17-/m1/s1. The van der Waals surface area contributed by atoms with Gasteiger partial charge in [-0.15, -0.1) is 0 Å². The maximum Gasteiger partial charge on any atom is 0.244 e. The first-order valence-electron chi connectivity index (χ1n) is 11.7. The lowest BCUT2D eigenvalue weighted by molar-refractivity contribution is -0.139. The molecule has 0 saturated heterocycles. The second-order valence-electron chi connectivity index (χ2n) is 9.03. The average molecular weight is 575 g/mol. The summed E-state index contributed by atoms with van der Waals surface area (Å²) in [6.45, 7) is 1.21. The van der Waals surface area contributed by atoms with E-state index in [1.165, 1.54) is 23.1 Å². The number of rotatable bonds is 9. The first-order chi connectivity index (χ1) is 17.0. The topological polar surface area (TPSA) is 86.8 Å². The highest BCUT2D eigenvalue weighted by molar-refractivity contribution is 7.92. The normalized spacial score (nSPS) is 15.2. The van der Waals surface area contributed by atoms with Crippen molar-refractivity contribution in [2.45, 2.75) is 57.7 Å². The zero-order valence-corrected chi connectivity index (χ0v) is 23.3. The van der Waals surface area contributed by atoms with E-state index in [0.29, 0.717) is 10.0 Å². The third-order valence-electron chi connectivity index (χ3n) is 6.24. The molecule has 1 saturated carbocycles. The molecule has 196 valence electrons. The van der Waals surface area contributed by atoms with Crippen LogP contribution in [0.25, 0.3) is 0 Å². The Morgan fingerprint density at radius 1 is 1.00 bits per heavy atom. The zero-order valence-electron chi connectivity index (χ0n) is 20.2. The van der Waals surface area contributed by atoms with Crippen molar-refractivity contribution in [1.82, 2.24) is 10.2 Å². The van der Waals surface area contributed by atoms with E-state index in [9.17, 15) is 18.0 Å². The fourth-order valence-corrected chi connectivity index (χ4v) is 5.76. The Balaban J connectivity index is 1.88. The Labute approximate surface area is 227 Å². The van der Waals surface area contributed by atoms with Crippen molar-refractivity contribution in [3.8, 4) is 0 Å². The van der Waals surface area contributed by atoms with Crippen molar-refractivity contribution in [2.24, 2.45) is 0 Å². The van der Waals surface area contributed by atoms with Crippen LogP contribution in [0.4, 0.5) is 5.69 Å². The van der Waals surface area contributed by atoms with Gasteiger partial charge >= 0.3 is 0 Å². The number of nitrogens with one attached hydrogen (secondary N) is 1. The predicted octanol–water partition coefficient (Wildman–Crippen LogP) is 5.28. The van der Waals surface area contributed by atoms with Crippen LogP contribution in [0.5, 0.6) is 0 Å². The lowest BCUT2D eigenvalue weighted by atomic mass is 9.95. The Bertz CT molecular complexity index is 1190. The number of carbonyl (C=O) groups excluding carboxylic acids is 2. The summed E-state index contributed by atoms with van der Waals surface area (Å²) in [5.41, 5.74) is 0.878.